The van der Waals surface area contributed by atoms with Gasteiger partial charge in [-0.2, -0.15) is 5.10 Å². The van der Waals surface area contributed by atoms with Crippen LogP contribution in [0.25, 0.3) is 5.69 Å². The van der Waals surface area contributed by atoms with Crippen LogP contribution in [0, 0.1) is 5.92 Å². The number of nitrogens with one attached hydrogen (secondary N) is 2. The molecule has 1 fully saturated rings. The number of amides is 2. The highest BCUT2D eigenvalue weighted by molar-refractivity contribution is 5.95. The lowest BCUT2D eigenvalue weighted by molar-refractivity contribution is -0.127. The van der Waals surface area contributed by atoms with Gasteiger partial charge in [-0.1, -0.05) is 18.9 Å². The van der Waals surface area contributed by atoms with Crippen molar-refractivity contribution in [3.8, 4) is 5.69 Å². The van der Waals surface area contributed by atoms with E-state index in [4.69, 9.17) is 0 Å². The van der Waals surface area contributed by atoms with Crippen molar-refractivity contribution >= 4 is 17.5 Å². The van der Waals surface area contributed by atoms with Gasteiger partial charge in [-0.15, -0.1) is 0 Å². The summed E-state index contributed by atoms with van der Waals surface area (Å²) in [4.78, 5) is 23.9. The van der Waals surface area contributed by atoms with Crippen molar-refractivity contribution in [2.45, 2.75) is 25.7 Å². The smallest absolute Gasteiger partial charge is 0.243 e. The Kier molecular flexibility index (Phi) is 4.71. The summed E-state index contributed by atoms with van der Waals surface area (Å²) >= 11 is 0. The lowest BCUT2D eigenvalue weighted by Crippen LogP contribution is -2.36. The summed E-state index contributed by atoms with van der Waals surface area (Å²) in [6.45, 7) is 0.00132. The summed E-state index contributed by atoms with van der Waals surface area (Å²) in [5.41, 5.74) is 1.54. The van der Waals surface area contributed by atoms with Crippen LogP contribution in [0.2, 0.25) is 0 Å². The monoisotopic (exact) mass is 312 g/mol. The Labute approximate surface area is 134 Å². The largest absolute Gasteiger partial charge is 0.347 e. The number of nitrogens with zero attached hydrogens (tertiary/aromatic N) is 2. The van der Waals surface area contributed by atoms with Gasteiger partial charge in [0.25, 0.3) is 0 Å². The first-order chi connectivity index (χ1) is 11.2. The molecule has 1 heterocycles. The van der Waals surface area contributed by atoms with Crippen molar-refractivity contribution in [2.75, 3.05) is 11.9 Å². The number of anilines is 1. The molecule has 1 aromatic carbocycles. The number of carbonyl (C=O) groups is 2. The molecule has 1 aromatic heterocycles. The van der Waals surface area contributed by atoms with Gasteiger partial charge in [-0.3, -0.25) is 9.59 Å². The van der Waals surface area contributed by atoms with Crippen LogP contribution < -0.4 is 10.6 Å². The molecule has 2 aromatic rings. The first-order valence-electron chi connectivity index (χ1n) is 7.90. The molecule has 0 atom stereocenters. The van der Waals surface area contributed by atoms with Crippen LogP contribution in [0.4, 0.5) is 5.69 Å². The zero-order valence-electron chi connectivity index (χ0n) is 12.9. The van der Waals surface area contributed by atoms with Crippen LogP contribution in [-0.4, -0.2) is 28.1 Å². The molecule has 0 unspecified atom stereocenters. The highest BCUT2D eigenvalue weighted by Crippen LogP contribution is 2.24. The summed E-state index contributed by atoms with van der Waals surface area (Å²) in [6, 6.07) is 9.24. The average molecular weight is 312 g/mol. The number of hydrogen-bond acceptors (Lipinski definition) is 3. The van der Waals surface area contributed by atoms with Crippen LogP contribution in [0.5, 0.6) is 0 Å². The van der Waals surface area contributed by atoms with Crippen molar-refractivity contribution in [1.29, 1.82) is 0 Å². The van der Waals surface area contributed by atoms with E-state index in [-0.39, 0.29) is 24.3 Å². The van der Waals surface area contributed by atoms with Crippen molar-refractivity contribution in [3.05, 3.63) is 42.7 Å². The van der Waals surface area contributed by atoms with Gasteiger partial charge in [0.1, 0.15) is 0 Å². The molecule has 6 heteroatoms. The van der Waals surface area contributed by atoms with E-state index in [9.17, 15) is 9.59 Å². The number of carbonyl (C=O) groups excluding carboxylic acids is 2. The molecule has 2 amide bonds. The quantitative estimate of drug-likeness (QED) is 0.888. The van der Waals surface area contributed by atoms with E-state index < -0.39 is 0 Å². The molecular weight excluding hydrogens is 292 g/mol. The normalized spacial score (nSPS) is 14.6. The highest BCUT2D eigenvalue weighted by Gasteiger charge is 2.22. The topological polar surface area (TPSA) is 76.0 Å². The SMILES string of the molecule is O=C(CNC(=O)C1CCCC1)Nc1cccc(-n2cccn2)c1. The zero-order chi connectivity index (χ0) is 16.1. The van der Waals surface area contributed by atoms with E-state index in [0.717, 1.165) is 31.4 Å². The fourth-order valence-electron chi connectivity index (χ4n) is 2.85. The van der Waals surface area contributed by atoms with Gasteiger partial charge in [0, 0.05) is 24.0 Å². The summed E-state index contributed by atoms with van der Waals surface area (Å²) in [6.07, 6.45) is 7.60. The molecule has 2 N–H and O–H groups in total. The maximum absolute atomic E-state index is 12.0. The first kappa shape index (κ1) is 15.3. The van der Waals surface area contributed by atoms with Crippen LogP contribution in [0.3, 0.4) is 0 Å². The number of hydrogen-bond donors (Lipinski definition) is 2. The minimum Gasteiger partial charge on any atom is -0.347 e. The van der Waals surface area contributed by atoms with Gasteiger partial charge < -0.3 is 10.6 Å². The van der Waals surface area contributed by atoms with Gasteiger partial charge in [-0.25, -0.2) is 4.68 Å². The first-order valence-corrected chi connectivity index (χ1v) is 7.90. The second kappa shape index (κ2) is 7.09. The Hall–Kier alpha value is -2.63. The van der Waals surface area contributed by atoms with E-state index in [2.05, 4.69) is 15.7 Å². The third-order valence-corrected chi connectivity index (χ3v) is 4.05. The lowest BCUT2D eigenvalue weighted by atomic mass is 10.1. The van der Waals surface area contributed by atoms with Crippen molar-refractivity contribution in [2.24, 2.45) is 5.92 Å². The Morgan fingerprint density at radius 3 is 2.78 bits per heavy atom. The Morgan fingerprint density at radius 1 is 1.22 bits per heavy atom. The van der Waals surface area contributed by atoms with Gasteiger partial charge >= 0.3 is 0 Å². The van der Waals surface area contributed by atoms with Crippen molar-refractivity contribution < 1.29 is 9.59 Å². The third kappa shape index (κ3) is 3.97. The standard InChI is InChI=1S/C17H20N4O2/c22-16(12-18-17(23)13-5-1-2-6-13)20-14-7-3-8-15(11-14)21-10-4-9-19-21/h3-4,7-11,13H,1-2,5-6,12H2,(H,18,23)(H,20,22). The second-order valence-electron chi connectivity index (χ2n) is 5.75. The van der Waals surface area contributed by atoms with Gasteiger partial charge in [0.05, 0.1) is 12.2 Å². The van der Waals surface area contributed by atoms with Crippen LogP contribution in [0.15, 0.2) is 42.7 Å². The fourth-order valence-corrected chi connectivity index (χ4v) is 2.85. The molecule has 1 saturated carbocycles. The van der Waals surface area contributed by atoms with Gasteiger partial charge in [0.15, 0.2) is 0 Å². The Bertz CT molecular complexity index is 676. The van der Waals surface area contributed by atoms with E-state index in [0.29, 0.717) is 5.69 Å². The number of rotatable bonds is 5. The number of aromatic nitrogens is 2. The number of benzene rings is 1. The van der Waals surface area contributed by atoms with Gasteiger partial charge in [0.2, 0.25) is 11.8 Å². The highest BCUT2D eigenvalue weighted by atomic mass is 16.2. The van der Waals surface area contributed by atoms with Crippen molar-refractivity contribution in [1.82, 2.24) is 15.1 Å². The average Bonchev–Trinajstić information content (AvgIpc) is 3.25. The fraction of sp³-hybridized carbons (Fsp3) is 0.353. The zero-order valence-corrected chi connectivity index (χ0v) is 12.9. The van der Waals surface area contributed by atoms with E-state index in [1.807, 2.05) is 36.5 Å². The molecule has 6 nitrogen and oxygen atoms in total. The predicted octanol–water partition coefficient (Wildman–Crippen LogP) is 2.12. The summed E-state index contributed by atoms with van der Waals surface area (Å²) in [5, 5.41) is 9.67. The van der Waals surface area contributed by atoms with Crippen molar-refractivity contribution in [3.63, 3.8) is 0 Å². The maximum atomic E-state index is 12.0. The summed E-state index contributed by atoms with van der Waals surface area (Å²) in [7, 11) is 0. The lowest BCUT2D eigenvalue weighted by Gasteiger charge is -2.11. The molecule has 0 saturated heterocycles. The Morgan fingerprint density at radius 2 is 2.04 bits per heavy atom. The molecule has 0 bridgehead atoms. The Balaban J connectivity index is 1.53. The van der Waals surface area contributed by atoms with Gasteiger partial charge in [-0.05, 0) is 37.1 Å². The minimum atomic E-state index is -0.228. The third-order valence-electron chi connectivity index (χ3n) is 4.05. The molecule has 0 aliphatic heterocycles. The molecule has 0 radical (unpaired) electrons. The maximum Gasteiger partial charge on any atom is 0.243 e. The van der Waals surface area contributed by atoms with Crippen LogP contribution in [-0.2, 0) is 9.59 Å². The molecular formula is C17H20N4O2. The molecule has 120 valence electrons. The van der Waals surface area contributed by atoms with Crippen LogP contribution >= 0.6 is 0 Å². The van der Waals surface area contributed by atoms with Crippen LogP contribution in [0.1, 0.15) is 25.7 Å². The minimum absolute atomic E-state index is 0.00132. The van der Waals surface area contributed by atoms with E-state index in [1.165, 1.54) is 0 Å². The summed E-state index contributed by atoms with van der Waals surface area (Å²) in [5.74, 6) is -0.164. The van der Waals surface area contributed by atoms with E-state index in [1.54, 1.807) is 10.9 Å². The second-order valence-corrected chi connectivity index (χ2v) is 5.75. The predicted molar refractivity (Wildman–Crippen MR) is 87.2 cm³/mol. The molecule has 1 aliphatic carbocycles. The molecule has 1 aliphatic rings. The molecule has 3 rings (SSSR count). The molecule has 23 heavy (non-hydrogen) atoms. The molecule has 0 spiro atoms. The summed E-state index contributed by atoms with van der Waals surface area (Å²) < 4.78 is 1.72. The van der Waals surface area contributed by atoms with E-state index >= 15 is 0 Å².